The van der Waals surface area contributed by atoms with Gasteiger partial charge in [0.1, 0.15) is 0 Å². The molecular weight excluding hydrogens is 461 g/mol. The quantitative estimate of drug-likeness (QED) is 0.680. The van der Waals surface area contributed by atoms with E-state index in [-0.39, 0.29) is 18.0 Å². The van der Waals surface area contributed by atoms with Gasteiger partial charge in [-0.25, -0.2) is 21.6 Å². The summed E-state index contributed by atoms with van der Waals surface area (Å²) in [7, 11) is -3.79. The number of rotatable bonds is 4. The fraction of sp³-hybridized carbons (Fsp3) is 0.278. The molecule has 1 atom stereocenters. The van der Waals surface area contributed by atoms with E-state index in [2.05, 4.69) is 21.2 Å². The number of nitrogens with one attached hydrogen (secondary N) is 1. The third kappa shape index (κ3) is 4.23. The zero-order valence-corrected chi connectivity index (χ0v) is 16.9. The Bertz CT molecular complexity index is 1000. The van der Waals surface area contributed by atoms with Crippen molar-refractivity contribution in [2.75, 3.05) is 18.4 Å². The van der Waals surface area contributed by atoms with E-state index in [0.29, 0.717) is 18.9 Å². The Morgan fingerprint density at radius 2 is 1.75 bits per heavy atom. The van der Waals surface area contributed by atoms with Crippen molar-refractivity contribution in [3.63, 3.8) is 0 Å². The molecule has 1 N–H and O–H groups in total. The Morgan fingerprint density at radius 1 is 1.07 bits per heavy atom. The zero-order chi connectivity index (χ0) is 20.5. The van der Waals surface area contributed by atoms with Crippen molar-refractivity contribution < 1.29 is 26.4 Å². The minimum atomic E-state index is -3.79. The van der Waals surface area contributed by atoms with E-state index in [0.717, 1.165) is 10.5 Å². The summed E-state index contributed by atoms with van der Waals surface area (Å²) in [6.45, 7) is 0.164. The van der Waals surface area contributed by atoms with Gasteiger partial charge in [-0.15, -0.1) is 0 Å². The highest BCUT2D eigenvalue weighted by molar-refractivity contribution is 9.10. The van der Waals surface area contributed by atoms with Gasteiger partial charge in [-0.1, -0.05) is 15.9 Å². The lowest BCUT2D eigenvalue weighted by Crippen LogP contribution is -2.43. The summed E-state index contributed by atoms with van der Waals surface area (Å²) in [6, 6.07) is 7.75. The Balaban J connectivity index is 1.75. The fourth-order valence-corrected chi connectivity index (χ4v) is 4.78. The molecule has 0 aliphatic carbocycles. The summed E-state index contributed by atoms with van der Waals surface area (Å²) in [5.74, 6) is -5.93. The van der Waals surface area contributed by atoms with Crippen LogP contribution in [-0.4, -0.2) is 31.7 Å². The van der Waals surface area contributed by atoms with Crippen molar-refractivity contribution in [1.82, 2.24) is 4.31 Å². The van der Waals surface area contributed by atoms with Crippen LogP contribution in [0.15, 0.2) is 45.8 Å². The SMILES string of the molecule is O=C(Nc1ccc(F)c(F)c1F)C1CCCN(S(=O)(=O)c2ccc(Br)cc2)C1. The molecule has 0 spiro atoms. The van der Waals surface area contributed by atoms with E-state index in [1.54, 1.807) is 12.1 Å². The molecule has 1 heterocycles. The third-order valence-corrected chi connectivity index (χ3v) is 6.91. The average Bonchev–Trinajstić information content (AvgIpc) is 2.69. The first-order valence-corrected chi connectivity index (χ1v) is 10.6. The van der Waals surface area contributed by atoms with Crippen LogP contribution in [0.25, 0.3) is 0 Å². The Kier molecular flexibility index (Phi) is 6.11. The number of amides is 1. The topological polar surface area (TPSA) is 66.5 Å². The molecule has 2 aromatic carbocycles. The number of benzene rings is 2. The highest BCUT2D eigenvalue weighted by Crippen LogP contribution is 2.26. The molecule has 0 saturated carbocycles. The molecule has 1 unspecified atom stereocenters. The van der Waals surface area contributed by atoms with Crippen molar-refractivity contribution in [1.29, 1.82) is 0 Å². The summed E-state index contributed by atoms with van der Waals surface area (Å²) < 4.78 is 67.6. The highest BCUT2D eigenvalue weighted by atomic mass is 79.9. The molecule has 1 saturated heterocycles. The number of carbonyl (C=O) groups excluding carboxylic acids is 1. The third-order valence-electron chi connectivity index (χ3n) is 4.50. The predicted octanol–water partition coefficient (Wildman–Crippen LogP) is 3.91. The molecule has 0 aromatic heterocycles. The van der Waals surface area contributed by atoms with Crippen LogP contribution in [0.5, 0.6) is 0 Å². The second-order valence-corrected chi connectivity index (χ2v) is 9.22. The minimum absolute atomic E-state index is 0.0878. The predicted molar refractivity (Wildman–Crippen MR) is 101 cm³/mol. The van der Waals surface area contributed by atoms with Gasteiger partial charge in [0.05, 0.1) is 16.5 Å². The number of piperidine rings is 1. The molecule has 3 rings (SSSR count). The molecule has 28 heavy (non-hydrogen) atoms. The largest absolute Gasteiger partial charge is 0.323 e. The molecule has 150 valence electrons. The van der Waals surface area contributed by atoms with Crippen LogP contribution in [0, 0.1) is 23.4 Å². The summed E-state index contributed by atoms with van der Waals surface area (Å²) in [6.07, 6.45) is 0.831. The standard InChI is InChI=1S/C18H16BrF3N2O3S/c19-12-3-5-13(6-4-12)28(26,27)24-9-1-2-11(10-24)18(25)23-15-8-7-14(20)16(21)17(15)22/h3-8,11H,1-2,9-10H2,(H,23,25). The van der Waals surface area contributed by atoms with Crippen molar-refractivity contribution in [2.45, 2.75) is 17.7 Å². The first-order chi connectivity index (χ1) is 13.2. The van der Waals surface area contributed by atoms with Gasteiger partial charge in [-0.3, -0.25) is 4.79 Å². The summed E-state index contributed by atoms with van der Waals surface area (Å²) in [5, 5.41) is 2.22. The first-order valence-electron chi connectivity index (χ1n) is 8.40. The smallest absolute Gasteiger partial charge is 0.243 e. The molecule has 1 aliphatic heterocycles. The maximum atomic E-state index is 13.8. The van der Waals surface area contributed by atoms with Crippen molar-refractivity contribution >= 4 is 37.5 Å². The molecule has 1 amide bonds. The number of hydrogen-bond donors (Lipinski definition) is 1. The van der Waals surface area contributed by atoms with Crippen molar-refractivity contribution in [2.24, 2.45) is 5.92 Å². The number of anilines is 1. The lowest BCUT2D eigenvalue weighted by Gasteiger charge is -2.31. The van der Waals surface area contributed by atoms with E-state index in [1.165, 1.54) is 16.4 Å². The number of halogens is 4. The van der Waals surface area contributed by atoms with Crippen LogP contribution in [0.4, 0.5) is 18.9 Å². The molecule has 10 heteroatoms. The minimum Gasteiger partial charge on any atom is -0.323 e. The molecule has 0 radical (unpaired) electrons. The van der Waals surface area contributed by atoms with Gasteiger partial charge < -0.3 is 5.32 Å². The van der Waals surface area contributed by atoms with Crippen LogP contribution in [0.1, 0.15) is 12.8 Å². The van der Waals surface area contributed by atoms with Gasteiger partial charge in [-0.2, -0.15) is 4.31 Å². The van der Waals surface area contributed by atoms with Crippen molar-refractivity contribution in [3.05, 3.63) is 58.3 Å². The van der Waals surface area contributed by atoms with Gasteiger partial charge in [-0.05, 0) is 49.2 Å². The maximum Gasteiger partial charge on any atom is 0.243 e. The summed E-state index contributed by atoms with van der Waals surface area (Å²) in [4.78, 5) is 12.5. The maximum absolute atomic E-state index is 13.8. The van der Waals surface area contributed by atoms with E-state index in [9.17, 15) is 26.4 Å². The lowest BCUT2D eigenvalue weighted by molar-refractivity contribution is -0.120. The number of sulfonamides is 1. The van der Waals surface area contributed by atoms with E-state index < -0.39 is 45.0 Å². The molecule has 2 aromatic rings. The van der Waals surface area contributed by atoms with Crippen LogP contribution >= 0.6 is 15.9 Å². The highest BCUT2D eigenvalue weighted by Gasteiger charge is 2.33. The van der Waals surface area contributed by atoms with E-state index in [4.69, 9.17) is 0 Å². The molecule has 0 bridgehead atoms. The van der Waals surface area contributed by atoms with Gasteiger partial charge in [0.15, 0.2) is 17.5 Å². The molecule has 5 nitrogen and oxygen atoms in total. The van der Waals surface area contributed by atoms with Gasteiger partial charge in [0.25, 0.3) is 0 Å². The average molecular weight is 477 g/mol. The van der Waals surface area contributed by atoms with Crippen LogP contribution in [0.2, 0.25) is 0 Å². The molecule has 1 fully saturated rings. The fourth-order valence-electron chi connectivity index (χ4n) is 2.99. The normalized spacial score (nSPS) is 18.1. The number of nitrogens with zero attached hydrogens (tertiary/aromatic N) is 1. The monoisotopic (exact) mass is 476 g/mol. The lowest BCUT2D eigenvalue weighted by atomic mass is 9.98. The van der Waals surface area contributed by atoms with Gasteiger partial charge >= 0.3 is 0 Å². The first kappa shape index (κ1) is 20.8. The number of carbonyl (C=O) groups is 1. The Hall–Kier alpha value is -1.91. The summed E-state index contributed by atoms with van der Waals surface area (Å²) in [5.41, 5.74) is -0.489. The van der Waals surface area contributed by atoms with Crippen LogP contribution in [-0.2, 0) is 14.8 Å². The van der Waals surface area contributed by atoms with Crippen LogP contribution in [0.3, 0.4) is 0 Å². The van der Waals surface area contributed by atoms with Crippen molar-refractivity contribution in [3.8, 4) is 0 Å². The van der Waals surface area contributed by atoms with E-state index >= 15 is 0 Å². The van der Waals surface area contributed by atoms with Crippen LogP contribution < -0.4 is 5.32 Å². The zero-order valence-electron chi connectivity index (χ0n) is 14.5. The Morgan fingerprint density at radius 3 is 2.43 bits per heavy atom. The summed E-state index contributed by atoms with van der Waals surface area (Å²) >= 11 is 3.24. The molecule has 1 aliphatic rings. The van der Waals surface area contributed by atoms with E-state index in [1.807, 2.05) is 0 Å². The second kappa shape index (κ2) is 8.22. The molecular formula is C18H16BrF3N2O3S. The number of hydrogen-bond acceptors (Lipinski definition) is 3. The van der Waals surface area contributed by atoms with Gasteiger partial charge in [0, 0.05) is 17.6 Å². The van der Waals surface area contributed by atoms with Gasteiger partial charge in [0.2, 0.25) is 15.9 Å². The Labute approximate surface area is 168 Å². The second-order valence-electron chi connectivity index (χ2n) is 6.37.